The Morgan fingerprint density at radius 1 is 0.766 bits per heavy atom. The summed E-state index contributed by atoms with van der Waals surface area (Å²) in [6.45, 7) is 3.57. The van der Waals surface area contributed by atoms with Crippen molar-refractivity contribution in [1.82, 2.24) is 15.7 Å². The van der Waals surface area contributed by atoms with Crippen LogP contribution < -0.4 is 10.8 Å². The van der Waals surface area contributed by atoms with E-state index in [1.807, 2.05) is 24.3 Å². The van der Waals surface area contributed by atoms with Crippen molar-refractivity contribution >= 4 is 11.8 Å². The van der Waals surface area contributed by atoms with Crippen LogP contribution in [0.5, 0.6) is 0 Å². The standard InChI is InChI=1S/C38H49N3O6/c42-27-28-13-15-31(16-14-28)35-24-34(26-41-21-6-2-1-3-7-22-41)46-38(47-35)32-19-17-30(18-20-32)33-10-8-9-29(23-33)25-39-36(43)11-4-5-12-37(44)40-45/h8-10,13-20,23,34-35,38,42,45H,1-7,11-12,21-22,24-27H2,(H,39,43)(H,40,44)/t34-,35+,38+/m1/s1. The number of aliphatic hydroxyl groups excluding tert-OH is 1. The lowest BCUT2D eigenvalue weighted by atomic mass is 9.98. The third kappa shape index (κ3) is 10.7. The van der Waals surface area contributed by atoms with Gasteiger partial charge in [-0.1, -0.05) is 86.0 Å². The molecule has 3 aromatic carbocycles. The molecule has 2 fully saturated rings. The first-order valence-electron chi connectivity index (χ1n) is 17.1. The zero-order valence-corrected chi connectivity index (χ0v) is 27.2. The Hall–Kier alpha value is -3.60. The molecule has 0 spiro atoms. The maximum absolute atomic E-state index is 12.3. The maximum Gasteiger partial charge on any atom is 0.243 e. The van der Waals surface area contributed by atoms with E-state index in [9.17, 15) is 14.7 Å². The van der Waals surface area contributed by atoms with E-state index in [1.165, 1.54) is 32.1 Å². The van der Waals surface area contributed by atoms with Crippen molar-refractivity contribution in [2.75, 3.05) is 19.6 Å². The summed E-state index contributed by atoms with van der Waals surface area (Å²) in [5.74, 6) is -0.505. The Morgan fingerprint density at radius 2 is 1.45 bits per heavy atom. The molecule has 0 aromatic heterocycles. The summed E-state index contributed by atoms with van der Waals surface area (Å²) in [6.07, 6.45) is 8.30. The molecule has 4 N–H and O–H groups in total. The van der Waals surface area contributed by atoms with Crippen LogP contribution in [-0.4, -0.2) is 52.8 Å². The van der Waals surface area contributed by atoms with Crippen LogP contribution in [0.2, 0.25) is 0 Å². The van der Waals surface area contributed by atoms with Gasteiger partial charge in [0.25, 0.3) is 0 Å². The van der Waals surface area contributed by atoms with Crippen molar-refractivity contribution in [3.8, 4) is 11.1 Å². The monoisotopic (exact) mass is 643 g/mol. The van der Waals surface area contributed by atoms with Crippen LogP contribution in [0.25, 0.3) is 11.1 Å². The average molecular weight is 644 g/mol. The second-order valence-electron chi connectivity index (χ2n) is 12.8. The van der Waals surface area contributed by atoms with E-state index in [1.54, 1.807) is 5.48 Å². The van der Waals surface area contributed by atoms with Gasteiger partial charge in [0.15, 0.2) is 6.29 Å². The van der Waals surface area contributed by atoms with Crippen LogP contribution in [0.3, 0.4) is 0 Å². The molecule has 2 saturated heterocycles. The molecule has 0 unspecified atom stereocenters. The Labute approximate surface area is 278 Å². The number of unbranched alkanes of at least 4 members (excludes halogenated alkanes) is 1. The summed E-state index contributed by atoms with van der Waals surface area (Å²) in [4.78, 5) is 26.0. The first kappa shape index (κ1) is 34.7. The first-order valence-corrected chi connectivity index (χ1v) is 17.1. The van der Waals surface area contributed by atoms with Gasteiger partial charge < -0.3 is 24.8 Å². The minimum atomic E-state index is -0.486. The lowest BCUT2D eigenvalue weighted by Gasteiger charge is -2.38. The van der Waals surface area contributed by atoms with E-state index in [-0.39, 0.29) is 31.1 Å². The molecule has 2 aliphatic rings. The number of likely N-dealkylation sites (tertiary alicyclic amines) is 1. The van der Waals surface area contributed by atoms with Gasteiger partial charge in [0.1, 0.15) is 0 Å². The van der Waals surface area contributed by atoms with Crippen LogP contribution in [0, 0.1) is 0 Å². The van der Waals surface area contributed by atoms with Crippen LogP contribution in [0.4, 0.5) is 0 Å². The van der Waals surface area contributed by atoms with E-state index in [2.05, 4.69) is 58.7 Å². The number of hydrogen-bond donors (Lipinski definition) is 4. The molecule has 2 aliphatic heterocycles. The number of hydroxylamine groups is 1. The summed E-state index contributed by atoms with van der Waals surface area (Å²) in [7, 11) is 0. The highest BCUT2D eigenvalue weighted by Gasteiger charge is 2.33. The van der Waals surface area contributed by atoms with Crippen molar-refractivity contribution in [2.24, 2.45) is 0 Å². The third-order valence-electron chi connectivity index (χ3n) is 9.14. The lowest BCUT2D eigenvalue weighted by Crippen LogP contribution is -2.40. The van der Waals surface area contributed by atoms with Gasteiger partial charge in [0.05, 0.1) is 18.8 Å². The normalized spacial score (nSPS) is 20.6. The van der Waals surface area contributed by atoms with Gasteiger partial charge in [-0.3, -0.25) is 14.8 Å². The predicted molar refractivity (Wildman–Crippen MR) is 180 cm³/mol. The molecule has 47 heavy (non-hydrogen) atoms. The number of rotatable bonds is 13. The van der Waals surface area contributed by atoms with Gasteiger partial charge in [-0.05, 0) is 72.7 Å². The number of nitrogens with one attached hydrogen (secondary N) is 2. The Bertz CT molecular complexity index is 1410. The smallest absolute Gasteiger partial charge is 0.243 e. The molecule has 9 nitrogen and oxygen atoms in total. The number of nitrogens with zero attached hydrogens (tertiary/aromatic N) is 1. The fourth-order valence-electron chi connectivity index (χ4n) is 6.43. The molecule has 0 bridgehead atoms. The molecular weight excluding hydrogens is 594 g/mol. The van der Waals surface area contributed by atoms with E-state index in [0.29, 0.717) is 25.8 Å². The van der Waals surface area contributed by atoms with Gasteiger partial charge in [-0.2, -0.15) is 0 Å². The second-order valence-corrected chi connectivity index (χ2v) is 12.8. The molecule has 0 radical (unpaired) electrons. The second kappa shape index (κ2) is 18.1. The number of carbonyl (C=O) groups is 2. The highest BCUT2D eigenvalue weighted by atomic mass is 16.7. The molecule has 0 aliphatic carbocycles. The molecular formula is C38H49N3O6. The summed E-state index contributed by atoms with van der Waals surface area (Å²) in [5.41, 5.74) is 7.69. The van der Waals surface area contributed by atoms with Crippen LogP contribution in [0.1, 0.15) is 98.9 Å². The van der Waals surface area contributed by atoms with Crippen molar-refractivity contribution in [3.63, 3.8) is 0 Å². The molecule has 5 rings (SSSR count). The van der Waals surface area contributed by atoms with Gasteiger partial charge >= 0.3 is 0 Å². The summed E-state index contributed by atoms with van der Waals surface area (Å²) < 4.78 is 13.2. The SMILES string of the molecule is O=C(CCCCC(=O)NCc1cccc(-c2ccc([C@H]3O[C@@H](CN4CCCCCCC4)C[C@@H](c4ccc(CO)cc4)O3)cc2)c1)NO. The summed E-state index contributed by atoms with van der Waals surface area (Å²) >= 11 is 0. The minimum absolute atomic E-state index is 0.0219. The fraction of sp³-hybridized carbons (Fsp3) is 0.474. The third-order valence-corrected chi connectivity index (χ3v) is 9.14. The predicted octanol–water partition coefficient (Wildman–Crippen LogP) is 6.34. The summed E-state index contributed by atoms with van der Waals surface area (Å²) in [5, 5.41) is 21.1. The topological polar surface area (TPSA) is 120 Å². The molecule has 252 valence electrons. The zero-order chi connectivity index (χ0) is 32.8. The molecule has 3 atom stereocenters. The van der Waals surface area contributed by atoms with Crippen LogP contribution >= 0.6 is 0 Å². The molecule has 2 amide bonds. The highest BCUT2D eigenvalue weighted by molar-refractivity contribution is 5.76. The fourth-order valence-corrected chi connectivity index (χ4v) is 6.43. The quantitative estimate of drug-likeness (QED) is 0.0975. The molecule has 9 heteroatoms. The average Bonchev–Trinajstić information content (AvgIpc) is 3.10. The first-order chi connectivity index (χ1) is 23.0. The Balaban J connectivity index is 1.22. The van der Waals surface area contributed by atoms with Gasteiger partial charge in [0, 0.05) is 37.9 Å². The van der Waals surface area contributed by atoms with E-state index in [0.717, 1.165) is 59.4 Å². The lowest BCUT2D eigenvalue weighted by molar-refractivity contribution is -0.253. The number of ether oxygens (including phenoxy) is 2. The largest absolute Gasteiger partial charge is 0.392 e. The van der Waals surface area contributed by atoms with Crippen LogP contribution in [-0.2, 0) is 32.2 Å². The van der Waals surface area contributed by atoms with E-state index >= 15 is 0 Å². The molecule has 3 aromatic rings. The number of amides is 2. The van der Waals surface area contributed by atoms with Crippen molar-refractivity contribution in [1.29, 1.82) is 0 Å². The summed E-state index contributed by atoms with van der Waals surface area (Å²) in [6, 6.07) is 24.5. The number of aliphatic hydroxyl groups is 1. The molecule has 2 heterocycles. The van der Waals surface area contributed by atoms with Crippen molar-refractivity contribution < 1.29 is 29.4 Å². The number of benzene rings is 3. The molecule has 0 saturated carbocycles. The van der Waals surface area contributed by atoms with Crippen LogP contribution in [0.15, 0.2) is 72.8 Å². The maximum atomic E-state index is 12.3. The van der Waals surface area contributed by atoms with Crippen molar-refractivity contribution in [2.45, 2.75) is 95.9 Å². The zero-order valence-electron chi connectivity index (χ0n) is 27.2. The van der Waals surface area contributed by atoms with Gasteiger partial charge in [-0.25, -0.2) is 5.48 Å². The minimum Gasteiger partial charge on any atom is -0.392 e. The Morgan fingerprint density at radius 3 is 2.15 bits per heavy atom. The van der Waals surface area contributed by atoms with Gasteiger partial charge in [0.2, 0.25) is 11.8 Å². The number of carbonyl (C=O) groups excluding carboxylic acids is 2. The number of hydrogen-bond acceptors (Lipinski definition) is 7. The van der Waals surface area contributed by atoms with Crippen molar-refractivity contribution in [3.05, 3.63) is 95.1 Å². The van der Waals surface area contributed by atoms with E-state index in [4.69, 9.17) is 14.7 Å². The van der Waals surface area contributed by atoms with Gasteiger partial charge in [-0.15, -0.1) is 0 Å². The Kier molecular flexibility index (Phi) is 13.4. The van der Waals surface area contributed by atoms with E-state index < -0.39 is 12.2 Å². The highest BCUT2D eigenvalue weighted by Crippen LogP contribution is 2.39.